The first-order valence-electron chi connectivity index (χ1n) is 9.72. The van der Waals surface area contributed by atoms with Gasteiger partial charge in [-0.2, -0.15) is 5.10 Å². The van der Waals surface area contributed by atoms with E-state index in [2.05, 4.69) is 15.4 Å². The molecular formula is C23H23N5O2. The number of carbonyl (C=O) groups excluding carboxylic acids is 1. The Labute approximate surface area is 174 Å². The van der Waals surface area contributed by atoms with Crippen molar-refractivity contribution in [1.29, 1.82) is 0 Å². The lowest BCUT2D eigenvalue weighted by Crippen LogP contribution is -2.28. The summed E-state index contributed by atoms with van der Waals surface area (Å²) < 4.78 is 2.97. The number of carbonyl (C=O) groups is 1. The van der Waals surface area contributed by atoms with Crippen LogP contribution in [0.25, 0.3) is 16.7 Å². The molecular weight excluding hydrogens is 378 g/mol. The van der Waals surface area contributed by atoms with Crippen LogP contribution in [0, 0.1) is 27.7 Å². The van der Waals surface area contributed by atoms with Crippen molar-refractivity contribution in [2.24, 2.45) is 0 Å². The van der Waals surface area contributed by atoms with Crippen molar-refractivity contribution in [3.63, 3.8) is 0 Å². The Kier molecular flexibility index (Phi) is 4.95. The van der Waals surface area contributed by atoms with Gasteiger partial charge < -0.3 is 5.32 Å². The number of hydrogen-bond donors (Lipinski definition) is 1. The van der Waals surface area contributed by atoms with Gasteiger partial charge in [-0.05, 0) is 62.1 Å². The Balaban J connectivity index is 1.65. The molecule has 0 atom stereocenters. The number of fused-ring (bicyclic) bond motifs is 1. The molecule has 0 saturated heterocycles. The molecule has 4 aromatic rings. The third kappa shape index (κ3) is 3.39. The molecule has 2 heterocycles. The predicted octanol–water partition coefficient (Wildman–Crippen LogP) is 3.45. The molecule has 7 nitrogen and oxygen atoms in total. The number of aromatic nitrogens is 4. The minimum Gasteiger partial charge on any atom is -0.324 e. The summed E-state index contributed by atoms with van der Waals surface area (Å²) in [5.41, 5.74) is 6.09. The number of aryl methyl sites for hydroxylation is 2. The zero-order valence-corrected chi connectivity index (χ0v) is 17.4. The van der Waals surface area contributed by atoms with Crippen molar-refractivity contribution in [3.8, 4) is 5.69 Å². The van der Waals surface area contributed by atoms with Gasteiger partial charge >= 0.3 is 0 Å². The number of amides is 1. The van der Waals surface area contributed by atoms with Crippen LogP contribution < -0.4 is 10.9 Å². The first-order valence-corrected chi connectivity index (χ1v) is 9.72. The maximum Gasteiger partial charge on any atom is 0.264 e. The van der Waals surface area contributed by atoms with E-state index in [1.807, 2.05) is 64.1 Å². The van der Waals surface area contributed by atoms with Crippen LogP contribution in [0.2, 0.25) is 0 Å². The molecule has 152 valence electrons. The molecule has 0 aliphatic rings. The Morgan fingerprint density at radius 2 is 1.70 bits per heavy atom. The highest BCUT2D eigenvalue weighted by Gasteiger charge is 2.15. The third-order valence-corrected chi connectivity index (χ3v) is 5.55. The van der Waals surface area contributed by atoms with E-state index in [4.69, 9.17) is 0 Å². The zero-order chi connectivity index (χ0) is 21.4. The van der Waals surface area contributed by atoms with Gasteiger partial charge in [-0.15, -0.1) is 0 Å². The number of rotatable bonds is 4. The lowest BCUT2D eigenvalue weighted by molar-refractivity contribution is -0.116. The summed E-state index contributed by atoms with van der Waals surface area (Å²) in [4.78, 5) is 29.9. The Hall–Kier alpha value is -3.74. The van der Waals surface area contributed by atoms with Gasteiger partial charge in [-0.3, -0.25) is 14.2 Å². The summed E-state index contributed by atoms with van der Waals surface area (Å²) in [6.45, 7) is 7.85. The number of nitrogens with zero attached hydrogens (tertiary/aromatic N) is 4. The highest BCUT2D eigenvalue weighted by atomic mass is 16.2. The van der Waals surface area contributed by atoms with Gasteiger partial charge in [0, 0.05) is 5.69 Å². The Morgan fingerprint density at radius 1 is 1.00 bits per heavy atom. The van der Waals surface area contributed by atoms with Crippen LogP contribution in [0.3, 0.4) is 0 Å². The minimum absolute atomic E-state index is 0.121. The molecule has 0 radical (unpaired) electrons. The molecule has 0 aliphatic heterocycles. The maximum atomic E-state index is 12.9. The highest BCUT2D eigenvalue weighted by molar-refractivity contribution is 5.91. The molecule has 0 saturated carbocycles. The van der Waals surface area contributed by atoms with Gasteiger partial charge in [0.25, 0.3) is 5.56 Å². The SMILES string of the molecule is Cc1cccc(NC(=O)Cn2cnc3c(cnn3-c3cccc(C)c3C)c2=O)c1C. The van der Waals surface area contributed by atoms with Crippen molar-refractivity contribution in [2.75, 3.05) is 5.32 Å². The van der Waals surface area contributed by atoms with E-state index in [0.717, 1.165) is 33.6 Å². The van der Waals surface area contributed by atoms with E-state index in [0.29, 0.717) is 11.0 Å². The molecule has 0 fully saturated rings. The monoisotopic (exact) mass is 401 g/mol. The normalized spacial score (nSPS) is 11.1. The first-order chi connectivity index (χ1) is 14.4. The van der Waals surface area contributed by atoms with E-state index in [9.17, 15) is 9.59 Å². The quantitative estimate of drug-likeness (QED) is 0.568. The van der Waals surface area contributed by atoms with Crippen molar-refractivity contribution < 1.29 is 4.79 Å². The van der Waals surface area contributed by atoms with E-state index < -0.39 is 0 Å². The van der Waals surface area contributed by atoms with Crippen molar-refractivity contribution >= 4 is 22.6 Å². The smallest absolute Gasteiger partial charge is 0.264 e. The van der Waals surface area contributed by atoms with Gasteiger partial charge in [0.15, 0.2) is 5.65 Å². The molecule has 4 rings (SSSR count). The average Bonchev–Trinajstić information content (AvgIpc) is 3.14. The van der Waals surface area contributed by atoms with Gasteiger partial charge in [-0.25, -0.2) is 9.67 Å². The molecule has 0 bridgehead atoms. The second-order valence-corrected chi connectivity index (χ2v) is 7.49. The van der Waals surface area contributed by atoms with E-state index in [1.54, 1.807) is 4.68 Å². The van der Waals surface area contributed by atoms with E-state index >= 15 is 0 Å². The Morgan fingerprint density at radius 3 is 2.47 bits per heavy atom. The molecule has 0 unspecified atom stereocenters. The van der Waals surface area contributed by atoms with Crippen molar-refractivity contribution in [1.82, 2.24) is 19.3 Å². The largest absolute Gasteiger partial charge is 0.324 e. The van der Waals surface area contributed by atoms with Crippen molar-refractivity contribution in [3.05, 3.63) is 81.5 Å². The van der Waals surface area contributed by atoms with Crippen LogP contribution in [0.4, 0.5) is 5.69 Å². The molecule has 0 spiro atoms. The van der Waals surface area contributed by atoms with Gasteiger partial charge in [0.1, 0.15) is 18.3 Å². The van der Waals surface area contributed by atoms with Crippen LogP contribution in [0.1, 0.15) is 22.3 Å². The van der Waals surface area contributed by atoms with E-state index in [-0.39, 0.29) is 18.0 Å². The highest BCUT2D eigenvalue weighted by Crippen LogP contribution is 2.20. The summed E-state index contributed by atoms with van der Waals surface area (Å²) in [6, 6.07) is 11.6. The minimum atomic E-state index is -0.298. The summed E-state index contributed by atoms with van der Waals surface area (Å²) in [6.07, 6.45) is 2.90. The van der Waals surface area contributed by atoms with Gasteiger partial charge in [-0.1, -0.05) is 24.3 Å². The molecule has 7 heteroatoms. The van der Waals surface area contributed by atoms with Gasteiger partial charge in [0.2, 0.25) is 5.91 Å². The summed E-state index contributed by atoms with van der Waals surface area (Å²) >= 11 is 0. The molecule has 1 N–H and O–H groups in total. The number of anilines is 1. The second kappa shape index (κ2) is 7.59. The summed E-state index contributed by atoms with van der Waals surface area (Å²) in [5.74, 6) is -0.283. The lowest BCUT2D eigenvalue weighted by atomic mass is 10.1. The molecule has 2 aromatic heterocycles. The Bertz CT molecular complexity index is 1330. The summed E-state index contributed by atoms with van der Waals surface area (Å²) in [5, 5.41) is 7.62. The summed E-state index contributed by atoms with van der Waals surface area (Å²) in [7, 11) is 0. The van der Waals surface area contributed by atoms with Crippen LogP contribution in [-0.4, -0.2) is 25.2 Å². The van der Waals surface area contributed by atoms with Gasteiger partial charge in [0.05, 0.1) is 11.9 Å². The van der Waals surface area contributed by atoms with E-state index in [1.165, 1.54) is 17.1 Å². The first kappa shape index (κ1) is 19.6. The van der Waals surface area contributed by atoms with Crippen molar-refractivity contribution in [2.45, 2.75) is 34.2 Å². The molecule has 1 amide bonds. The van der Waals surface area contributed by atoms with Crippen LogP contribution in [0.5, 0.6) is 0 Å². The predicted molar refractivity (Wildman–Crippen MR) is 117 cm³/mol. The zero-order valence-electron chi connectivity index (χ0n) is 17.4. The third-order valence-electron chi connectivity index (χ3n) is 5.55. The number of benzene rings is 2. The standard InChI is InChI=1S/C23H23N5O2/c1-14-7-5-9-19(16(14)3)26-21(29)12-27-13-24-22-18(23(27)30)11-25-28(22)20-10-6-8-15(2)17(20)4/h5-11,13H,12H2,1-4H3,(H,26,29). The van der Waals surface area contributed by atoms with Crippen LogP contribution >= 0.6 is 0 Å². The van der Waals surface area contributed by atoms with Crippen LogP contribution in [0.15, 0.2) is 53.7 Å². The fraction of sp³-hybridized carbons (Fsp3) is 0.217. The number of nitrogens with one attached hydrogen (secondary N) is 1. The lowest BCUT2D eigenvalue weighted by Gasteiger charge is -2.11. The maximum absolute atomic E-state index is 12.9. The molecule has 2 aromatic carbocycles. The second-order valence-electron chi connectivity index (χ2n) is 7.49. The average molecular weight is 401 g/mol. The van der Waals surface area contributed by atoms with Crippen LogP contribution in [-0.2, 0) is 11.3 Å². The fourth-order valence-corrected chi connectivity index (χ4v) is 3.43. The number of hydrogen-bond acceptors (Lipinski definition) is 4. The topological polar surface area (TPSA) is 81.8 Å². The fourth-order valence-electron chi connectivity index (χ4n) is 3.43. The molecule has 0 aliphatic carbocycles. The molecule has 30 heavy (non-hydrogen) atoms.